The van der Waals surface area contributed by atoms with Gasteiger partial charge in [0.15, 0.2) is 0 Å². The summed E-state index contributed by atoms with van der Waals surface area (Å²) < 4.78 is 0. The van der Waals surface area contributed by atoms with Gasteiger partial charge in [0, 0.05) is 12.5 Å². The van der Waals surface area contributed by atoms with Crippen LogP contribution in [0.15, 0.2) is 30.3 Å². The molecule has 2 fully saturated rings. The first kappa shape index (κ1) is 18.4. The Kier molecular flexibility index (Phi) is 6.49. The van der Waals surface area contributed by atoms with Gasteiger partial charge in [0.2, 0.25) is 5.91 Å². The number of nitrogens with zero attached hydrogens (tertiary/aromatic N) is 1. The number of carbonyl (C=O) groups is 1. The predicted molar refractivity (Wildman–Crippen MR) is 100 cm³/mol. The van der Waals surface area contributed by atoms with E-state index in [-0.39, 0.29) is 11.9 Å². The number of benzene rings is 1. The largest absolute Gasteiger partial charge is 0.386 e. The highest BCUT2D eigenvalue weighted by Gasteiger charge is 2.33. The third-order valence-electron chi connectivity index (χ3n) is 5.97. The molecule has 4 atom stereocenters. The molecule has 1 amide bonds. The highest BCUT2D eigenvalue weighted by atomic mass is 16.3. The number of aliphatic hydroxyl groups excluding tert-OH is 1. The number of piperidine rings is 2. The van der Waals surface area contributed by atoms with Crippen LogP contribution in [0.4, 0.5) is 0 Å². The van der Waals surface area contributed by atoms with E-state index in [2.05, 4.69) is 10.2 Å². The molecule has 0 aromatic heterocycles. The van der Waals surface area contributed by atoms with Crippen LogP contribution in [0, 0.1) is 5.92 Å². The van der Waals surface area contributed by atoms with Gasteiger partial charge in [-0.2, -0.15) is 0 Å². The summed E-state index contributed by atoms with van der Waals surface area (Å²) in [6, 6.07) is 9.96. The third kappa shape index (κ3) is 4.83. The topological polar surface area (TPSA) is 52.6 Å². The second-order valence-corrected chi connectivity index (χ2v) is 7.75. The quantitative estimate of drug-likeness (QED) is 0.833. The molecule has 4 heteroatoms. The number of amides is 1. The van der Waals surface area contributed by atoms with Gasteiger partial charge in [-0.05, 0) is 63.6 Å². The molecule has 2 saturated heterocycles. The van der Waals surface area contributed by atoms with E-state index in [9.17, 15) is 9.90 Å². The van der Waals surface area contributed by atoms with Gasteiger partial charge in [0.1, 0.15) is 0 Å². The number of hydrogen-bond acceptors (Lipinski definition) is 3. The molecule has 0 saturated carbocycles. The summed E-state index contributed by atoms with van der Waals surface area (Å²) >= 11 is 0. The van der Waals surface area contributed by atoms with Gasteiger partial charge in [-0.1, -0.05) is 36.8 Å². The summed E-state index contributed by atoms with van der Waals surface area (Å²) in [6.07, 6.45) is 7.39. The van der Waals surface area contributed by atoms with Crippen molar-refractivity contribution >= 4 is 5.91 Å². The van der Waals surface area contributed by atoms with Crippen molar-refractivity contribution in [3.05, 3.63) is 35.9 Å². The van der Waals surface area contributed by atoms with Gasteiger partial charge in [0.05, 0.1) is 12.1 Å². The van der Waals surface area contributed by atoms with Gasteiger partial charge in [0.25, 0.3) is 0 Å². The van der Waals surface area contributed by atoms with E-state index in [0.29, 0.717) is 18.4 Å². The van der Waals surface area contributed by atoms with E-state index >= 15 is 0 Å². The van der Waals surface area contributed by atoms with Crippen molar-refractivity contribution in [2.45, 2.75) is 70.1 Å². The summed E-state index contributed by atoms with van der Waals surface area (Å²) in [5.74, 6) is 0.726. The van der Waals surface area contributed by atoms with Crippen molar-refractivity contribution in [1.29, 1.82) is 0 Å². The van der Waals surface area contributed by atoms with Gasteiger partial charge in [-0.3, -0.25) is 4.79 Å². The Morgan fingerprint density at radius 3 is 2.76 bits per heavy atom. The molecule has 0 spiro atoms. The molecule has 0 bridgehead atoms. The predicted octanol–water partition coefficient (Wildman–Crippen LogP) is 3.27. The maximum absolute atomic E-state index is 12.4. The fourth-order valence-corrected chi connectivity index (χ4v) is 4.57. The molecule has 4 nitrogen and oxygen atoms in total. The van der Waals surface area contributed by atoms with Crippen LogP contribution in [0.1, 0.15) is 63.5 Å². The van der Waals surface area contributed by atoms with E-state index < -0.39 is 6.10 Å². The van der Waals surface area contributed by atoms with Crippen LogP contribution in [0.5, 0.6) is 0 Å². The summed E-state index contributed by atoms with van der Waals surface area (Å²) in [6.45, 7) is 4.36. The third-order valence-corrected chi connectivity index (χ3v) is 5.97. The number of rotatable bonds is 6. The lowest BCUT2D eigenvalue weighted by Crippen LogP contribution is -2.48. The van der Waals surface area contributed by atoms with E-state index in [0.717, 1.165) is 12.0 Å². The zero-order valence-corrected chi connectivity index (χ0v) is 15.4. The monoisotopic (exact) mass is 344 g/mol. The van der Waals surface area contributed by atoms with Gasteiger partial charge in [-0.15, -0.1) is 0 Å². The first-order chi connectivity index (χ1) is 12.1. The SMILES string of the molecule is C[C@H](NC(=O)CC[C@@H]1CCCN2CCCC[C@H]12)[C@H](O)c1ccccc1. The summed E-state index contributed by atoms with van der Waals surface area (Å²) in [5.41, 5.74) is 0.848. The second kappa shape index (κ2) is 8.81. The Balaban J connectivity index is 1.46. The summed E-state index contributed by atoms with van der Waals surface area (Å²) in [4.78, 5) is 15.0. The zero-order valence-electron chi connectivity index (χ0n) is 15.4. The normalized spacial score (nSPS) is 26.5. The highest BCUT2D eigenvalue weighted by molar-refractivity contribution is 5.76. The first-order valence-corrected chi connectivity index (χ1v) is 9.91. The molecule has 0 unspecified atom stereocenters. The molecule has 1 aromatic rings. The summed E-state index contributed by atoms with van der Waals surface area (Å²) in [5, 5.41) is 13.4. The average molecular weight is 344 g/mol. The number of fused-ring (bicyclic) bond motifs is 1. The van der Waals surface area contributed by atoms with Crippen molar-refractivity contribution in [2.24, 2.45) is 5.92 Å². The van der Waals surface area contributed by atoms with Crippen LogP contribution < -0.4 is 5.32 Å². The Hall–Kier alpha value is -1.39. The van der Waals surface area contributed by atoms with Crippen LogP contribution in [-0.2, 0) is 4.79 Å². The Bertz CT molecular complexity index is 546. The molecule has 2 N–H and O–H groups in total. The smallest absolute Gasteiger partial charge is 0.220 e. The van der Waals surface area contributed by atoms with Gasteiger partial charge >= 0.3 is 0 Å². The molecule has 25 heavy (non-hydrogen) atoms. The van der Waals surface area contributed by atoms with E-state index in [1.54, 1.807) is 0 Å². The van der Waals surface area contributed by atoms with Crippen LogP contribution in [0.25, 0.3) is 0 Å². The molecule has 3 rings (SSSR count). The number of hydrogen-bond donors (Lipinski definition) is 2. The van der Waals surface area contributed by atoms with Gasteiger partial charge < -0.3 is 15.3 Å². The standard InChI is InChI=1S/C21H32N2O2/c1-16(21(25)18-8-3-2-4-9-18)22-20(24)13-12-17-10-7-15-23-14-6-5-11-19(17)23/h2-4,8-9,16-17,19,21,25H,5-7,10-15H2,1H3,(H,22,24)/t16-,17-,19+,21-/m0/s1. The molecule has 1 aromatic carbocycles. The molecule has 2 heterocycles. The molecule has 2 aliphatic rings. The lowest BCUT2D eigenvalue weighted by atomic mass is 9.81. The zero-order chi connectivity index (χ0) is 17.6. The minimum atomic E-state index is -0.659. The molecular formula is C21H32N2O2. The minimum Gasteiger partial charge on any atom is -0.386 e. The maximum atomic E-state index is 12.4. The molecule has 0 radical (unpaired) electrons. The Labute approximate surface area is 151 Å². The summed E-state index contributed by atoms with van der Waals surface area (Å²) in [7, 11) is 0. The molecule has 138 valence electrons. The number of carbonyl (C=O) groups excluding carboxylic acids is 1. The lowest BCUT2D eigenvalue weighted by Gasteiger charge is -2.44. The van der Waals surface area contributed by atoms with Crippen LogP contribution in [0.2, 0.25) is 0 Å². The second-order valence-electron chi connectivity index (χ2n) is 7.75. The molecule has 0 aliphatic carbocycles. The maximum Gasteiger partial charge on any atom is 0.220 e. The van der Waals surface area contributed by atoms with Crippen LogP contribution in [-0.4, -0.2) is 41.1 Å². The van der Waals surface area contributed by atoms with E-state index in [1.807, 2.05) is 37.3 Å². The fourth-order valence-electron chi connectivity index (χ4n) is 4.57. The number of nitrogens with one attached hydrogen (secondary N) is 1. The highest BCUT2D eigenvalue weighted by Crippen LogP contribution is 2.33. The minimum absolute atomic E-state index is 0.0652. The van der Waals surface area contributed by atoms with Crippen molar-refractivity contribution < 1.29 is 9.90 Å². The Morgan fingerprint density at radius 2 is 1.96 bits per heavy atom. The van der Waals surface area contributed by atoms with Crippen molar-refractivity contribution in [3.8, 4) is 0 Å². The average Bonchev–Trinajstić information content (AvgIpc) is 2.66. The van der Waals surface area contributed by atoms with Crippen molar-refractivity contribution in [3.63, 3.8) is 0 Å². The molecular weight excluding hydrogens is 312 g/mol. The van der Waals surface area contributed by atoms with Gasteiger partial charge in [-0.25, -0.2) is 0 Å². The lowest BCUT2D eigenvalue weighted by molar-refractivity contribution is -0.123. The molecule has 2 aliphatic heterocycles. The van der Waals surface area contributed by atoms with Crippen molar-refractivity contribution in [1.82, 2.24) is 10.2 Å². The van der Waals surface area contributed by atoms with E-state index in [4.69, 9.17) is 0 Å². The Morgan fingerprint density at radius 1 is 1.20 bits per heavy atom. The first-order valence-electron chi connectivity index (χ1n) is 9.91. The van der Waals surface area contributed by atoms with Crippen LogP contribution in [0.3, 0.4) is 0 Å². The van der Waals surface area contributed by atoms with E-state index in [1.165, 1.54) is 45.2 Å². The fraction of sp³-hybridized carbons (Fsp3) is 0.667. The number of aliphatic hydroxyl groups is 1. The van der Waals surface area contributed by atoms with Crippen LogP contribution >= 0.6 is 0 Å². The van der Waals surface area contributed by atoms with Crippen molar-refractivity contribution in [2.75, 3.05) is 13.1 Å².